The number of aromatic nitrogens is 2. The molecule has 1 heterocycles. The lowest BCUT2D eigenvalue weighted by atomic mass is 9.80. The van der Waals surface area contributed by atoms with E-state index in [4.69, 9.17) is 26.5 Å². The van der Waals surface area contributed by atoms with Crippen LogP contribution in [0.4, 0.5) is 4.39 Å². The highest BCUT2D eigenvalue weighted by atomic mass is 35.5. The molecule has 2 N–H and O–H groups in total. The Bertz CT molecular complexity index is 812. The average molecular weight is 322 g/mol. The quantitative estimate of drug-likeness (QED) is 0.936. The smallest absolute Gasteiger partial charge is 0.253 e. The summed E-state index contributed by atoms with van der Waals surface area (Å²) < 4.78 is 24.5. The highest BCUT2D eigenvalue weighted by Gasteiger charge is 2.97. The molecule has 0 bridgehead atoms. The molecular weight excluding hydrogens is 309 g/mol. The van der Waals surface area contributed by atoms with E-state index in [1.165, 1.54) is 12.1 Å². The highest BCUT2D eigenvalue weighted by molar-refractivity contribution is 6.30. The molecule has 0 saturated heterocycles. The van der Waals surface area contributed by atoms with Gasteiger partial charge < -0.3 is 14.9 Å². The molecule has 7 heteroatoms. The molecule has 1 aromatic heterocycles. The third-order valence-electron chi connectivity index (χ3n) is 5.59. The van der Waals surface area contributed by atoms with Gasteiger partial charge >= 0.3 is 0 Å². The predicted octanol–water partition coefficient (Wildman–Crippen LogP) is 2.57. The summed E-state index contributed by atoms with van der Waals surface area (Å²) in [6.45, 7) is 0.102. The Balaban J connectivity index is 1.29. The van der Waals surface area contributed by atoms with Gasteiger partial charge in [-0.15, -0.1) is 10.2 Å². The lowest BCUT2D eigenvalue weighted by Crippen LogP contribution is -2.41. The number of benzene rings is 1. The SMILES string of the molecule is NC12CC3(c4nnc(COc5ccc(Cl)c(F)c5)o4)CC13C2. The third-order valence-corrected chi connectivity index (χ3v) is 5.89. The Labute approximate surface area is 130 Å². The van der Waals surface area contributed by atoms with E-state index in [9.17, 15) is 4.39 Å². The minimum absolute atomic E-state index is 0.0268. The van der Waals surface area contributed by atoms with Crippen molar-refractivity contribution in [2.24, 2.45) is 11.1 Å². The molecule has 3 aliphatic carbocycles. The van der Waals surface area contributed by atoms with Gasteiger partial charge in [-0.3, -0.25) is 0 Å². The van der Waals surface area contributed by atoms with E-state index in [0.29, 0.717) is 17.5 Å². The summed E-state index contributed by atoms with van der Waals surface area (Å²) in [5.41, 5.74) is 6.50. The van der Waals surface area contributed by atoms with Gasteiger partial charge in [-0.05, 0) is 31.4 Å². The van der Waals surface area contributed by atoms with Gasteiger partial charge in [-0.1, -0.05) is 11.6 Å². The molecule has 0 aliphatic heterocycles. The molecule has 114 valence electrons. The standard InChI is InChI=1S/C15H13ClFN3O2/c16-9-2-1-8(3-10(9)17)21-4-11-19-20-12(22-11)13-5-14(13)7-15(14,18)6-13/h1-3H,4-7,18H2. The molecule has 3 atom stereocenters. The van der Waals surface area contributed by atoms with Crippen molar-refractivity contribution < 1.29 is 13.5 Å². The molecule has 2 aromatic rings. The van der Waals surface area contributed by atoms with Crippen molar-refractivity contribution in [3.8, 4) is 5.75 Å². The number of nitrogens with two attached hydrogens (primary N) is 1. The largest absolute Gasteiger partial charge is 0.484 e. The Morgan fingerprint density at radius 2 is 2.18 bits per heavy atom. The average Bonchev–Trinajstić information content (AvgIpc) is 3.08. The summed E-state index contributed by atoms with van der Waals surface area (Å²) in [5.74, 6) is 0.908. The van der Waals surface area contributed by atoms with Crippen LogP contribution in [0.3, 0.4) is 0 Å². The highest BCUT2D eigenvalue weighted by Crippen LogP contribution is 2.94. The van der Waals surface area contributed by atoms with Gasteiger partial charge in [0.05, 0.1) is 10.4 Å². The number of ether oxygens (including phenoxy) is 1. The summed E-state index contributed by atoms with van der Waals surface area (Å²) >= 11 is 5.63. The van der Waals surface area contributed by atoms with Crippen LogP contribution in [0, 0.1) is 11.2 Å². The maximum absolute atomic E-state index is 13.3. The van der Waals surface area contributed by atoms with Crippen LogP contribution in [0.2, 0.25) is 5.02 Å². The van der Waals surface area contributed by atoms with Gasteiger partial charge in [0.1, 0.15) is 11.6 Å². The molecule has 5 rings (SSSR count). The Morgan fingerprint density at radius 3 is 2.82 bits per heavy atom. The van der Waals surface area contributed by atoms with E-state index >= 15 is 0 Å². The van der Waals surface area contributed by atoms with Crippen molar-refractivity contribution in [2.45, 2.75) is 36.8 Å². The second-order valence-corrected chi connectivity index (χ2v) is 7.12. The van der Waals surface area contributed by atoms with E-state index < -0.39 is 5.82 Å². The van der Waals surface area contributed by atoms with Crippen LogP contribution < -0.4 is 10.5 Å². The van der Waals surface area contributed by atoms with Gasteiger partial charge in [-0.25, -0.2) is 4.39 Å². The molecule has 0 amide bonds. The maximum Gasteiger partial charge on any atom is 0.253 e. The van der Waals surface area contributed by atoms with Gasteiger partial charge in [0.15, 0.2) is 6.61 Å². The lowest BCUT2D eigenvalue weighted by Gasteiger charge is -2.27. The van der Waals surface area contributed by atoms with Gasteiger partial charge in [0.25, 0.3) is 5.89 Å². The lowest BCUT2D eigenvalue weighted by molar-refractivity contribution is 0.234. The normalized spacial score (nSPS) is 37.0. The molecule has 3 aliphatic rings. The van der Waals surface area contributed by atoms with Crippen LogP contribution in [0.15, 0.2) is 22.6 Å². The fourth-order valence-electron chi connectivity index (χ4n) is 4.32. The van der Waals surface area contributed by atoms with Crippen molar-refractivity contribution in [3.63, 3.8) is 0 Å². The monoisotopic (exact) mass is 321 g/mol. The number of hydrogen-bond donors (Lipinski definition) is 1. The van der Waals surface area contributed by atoms with Crippen LogP contribution >= 0.6 is 11.6 Å². The zero-order valence-electron chi connectivity index (χ0n) is 11.6. The summed E-state index contributed by atoms with van der Waals surface area (Å²) in [6.07, 6.45) is 3.06. The van der Waals surface area contributed by atoms with Crippen molar-refractivity contribution in [1.29, 1.82) is 0 Å². The molecule has 3 unspecified atom stereocenters. The number of halogens is 2. The minimum atomic E-state index is -0.522. The Hall–Kier alpha value is -1.66. The molecule has 3 fully saturated rings. The molecule has 1 aromatic carbocycles. The first-order valence-corrected chi connectivity index (χ1v) is 7.56. The Kier molecular flexibility index (Phi) is 2.12. The van der Waals surface area contributed by atoms with Crippen molar-refractivity contribution in [1.82, 2.24) is 10.2 Å². The fraction of sp³-hybridized carbons (Fsp3) is 0.467. The molecule has 0 radical (unpaired) electrons. The fourth-order valence-corrected chi connectivity index (χ4v) is 4.44. The van der Waals surface area contributed by atoms with Gasteiger partial charge in [0.2, 0.25) is 5.89 Å². The molecule has 1 spiro atoms. The van der Waals surface area contributed by atoms with Gasteiger partial charge in [-0.2, -0.15) is 0 Å². The molecule has 3 saturated carbocycles. The summed E-state index contributed by atoms with van der Waals surface area (Å²) in [5, 5.41) is 8.23. The Morgan fingerprint density at radius 1 is 1.32 bits per heavy atom. The summed E-state index contributed by atoms with van der Waals surface area (Å²) in [4.78, 5) is 0. The van der Waals surface area contributed by atoms with Crippen LogP contribution in [-0.2, 0) is 12.0 Å². The van der Waals surface area contributed by atoms with E-state index in [1.54, 1.807) is 6.07 Å². The van der Waals surface area contributed by atoms with Crippen LogP contribution in [0.1, 0.15) is 31.0 Å². The van der Waals surface area contributed by atoms with Crippen molar-refractivity contribution in [3.05, 3.63) is 40.8 Å². The first kappa shape index (κ1) is 12.8. The van der Waals surface area contributed by atoms with Crippen LogP contribution in [0.5, 0.6) is 5.75 Å². The minimum Gasteiger partial charge on any atom is -0.484 e. The van der Waals surface area contributed by atoms with Crippen LogP contribution in [-0.4, -0.2) is 15.7 Å². The van der Waals surface area contributed by atoms with Crippen molar-refractivity contribution in [2.75, 3.05) is 0 Å². The van der Waals surface area contributed by atoms with E-state index in [-0.39, 0.29) is 28.0 Å². The number of nitrogens with zero attached hydrogens (tertiary/aromatic N) is 2. The summed E-state index contributed by atoms with van der Waals surface area (Å²) in [7, 11) is 0. The number of hydrogen-bond acceptors (Lipinski definition) is 5. The van der Waals surface area contributed by atoms with Crippen LogP contribution in [0.25, 0.3) is 0 Å². The third kappa shape index (κ3) is 1.37. The number of rotatable bonds is 4. The topological polar surface area (TPSA) is 74.2 Å². The second-order valence-electron chi connectivity index (χ2n) is 6.72. The van der Waals surface area contributed by atoms with E-state index in [0.717, 1.165) is 19.3 Å². The summed E-state index contributed by atoms with van der Waals surface area (Å²) in [6, 6.07) is 4.27. The molecule has 22 heavy (non-hydrogen) atoms. The van der Waals surface area contributed by atoms with E-state index in [2.05, 4.69) is 10.2 Å². The van der Waals surface area contributed by atoms with Crippen molar-refractivity contribution >= 4 is 11.6 Å². The zero-order valence-corrected chi connectivity index (χ0v) is 12.4. The zero-order chi connectivity index (χ0) is 15.2. The maximum atomic E-state index is 13.3. The predicted molar refractivity (Wildman–Crippen MR) is 74.9 cm³/mol. The van der Waals surface area contributed by atoms with Gasteiger partial charge in [0, 0.05) is 17.0 Å². The first-order chi connectivity index (χ1) is 10.5. The van der Waals surface area contributed by atoms with E-state index in [1.807, 2.05) is 0 Å². The second kappa shape index (κ2) is 3.63. The molecule has 5 nitrogen and oxygen atoms in total. The first-order valence-electron chi connectivity index (χ1n) is 7.18. The molecular formula is C15H13ClFN3O2.